The monoisotopic (exact) mass is 433 g/mol. The van der Waals surface area contributed by atoms with Gasteiger partial charge in [-0.15, -0.1) is 0 Å². The van der Waals surface area contributed by atoms with Gasteiger partial charge in [-0.25, -0.2) is 10.1 Å². The van der Waals surface area contributed by atoms with Crippen molar-refractivity contribution in [2.24, 2.45) is 5.10 Å². The molecule has 1 aliphatic rings. The summed E-state index contributed by atoms with van der Waals surface area (Å²) in [6, 6.07) is 14.1. The summed E-state index contributed by atoms with van der Waals surface area (Å²) in [6.07, 6.45) is 6.35. The summed E-state index contributed by atoms with van der Waals surface area (Å²) in [7, 11) is 1.56. The van der Waals surface area contributed by atoms with Gasteiger partial charge < -0.3 is 14.4 Å². The van der Waals surface area contributed by atoms with Crippen molar-refractivity contribution in [3.8, 4) is 11.5 Å². The number of benzene rings is 2. The van der Waals surface area contributed by atoms with E-state index in [1.807, 2.05) is 12.1 Å². The fourth-order valence-electron chi connectivity index (χ4n) is 3.37. The van der Waals surface area contributed by atoms with Crippen molar-refractivity contribution in [2.45, 2.75) is 19.6 Å². The number of aromatic nitrogens is 2. The van der Waals surface area contributed by atoms with Gasteiger partial charge in [-0.3, -0.25) is 9.59 Å². The first kappa shape index (κ1) is 21.1. The Balaban J connectivity index is 1.40. The molecule has 1 aliphatic heterocycles. The largest absolute Gasteiger partial charge is 0.493 e. The number of carbonyl (C=O) groups is 2. The van der Waals surface area contributed by atoms with Crippen LogP contribution in [0.5, 0.6) is 11.5 Å². The number of amides is 2. The SMILES string of the molecule is COc1ccc(/C=N/NC(=O)c2cccc(N3CCCC3=O)c2)cc1OCn1cccn1. The van der Waals surface area contributed by atoms with Crippen molar-refractivity contribution in [3.63, 3.8) is 0 Å². The molecule has 0 radical (unpaired) electrons. The van der Waals surface area contributed by atoms with Gasteiger partial charge in [0.1, 0.15) is 0 Å². The second-order valence-corrected chi connectivity index (χ2v) is 7.13. The summed E-state index contributed by atoms with van der Waals surface area (Å²) >= 11 is 0. The van der Waals surface area contributed by atoms with Crippen LogP contribution in [0, 0.1) is 0 Å². The first-order valence-corrected chi connectivity index (χ1v) is 10.2. The Morgan fingerprint density at radius 2 is 2.12 bits per heavy atom. The molecule has 1 N–H and O–H groups in total. The Morgan fingerprint density at radius 3 is 2.88 bits per heavy atom. The zero-order valence-electron chi connectivity index (χ0n) is 17.6. The van der Waals surface area contributed by atoms with E-state index in [4.69, 9.17) is 9.47 Å². The third-order valence-electron chi connectivity index (χ3n) is 4.97. The van der Waals surface area contributed by atoms with E-state index in [0.717, 1.165) is 17.7 Å². The molecule has 3 aromatic rings. The van der Waals surface area contributed by atoms with E-state index in [1.165, 1.54) is 6.21 Å². The molecule has 164 valence electrons. The van der Waals surface area contributed by atoms with Crippen LogP contribution in [-0.4, -0.2) is 41.5 Å². The Hall–Kier alpha value is -4.14. The fraction of sp³-hybridized carbons (Fsp3) is 0.217. The first-order valence-electron chi connectivity index (χ1n) is 10.2. The molecule has 1 aromatic heterocycles. The highest BCUT2D eigenvalue weighted by molar-refractivity contribution is 5.99. The highest BCUT2D eigenvalue weighted by atomic mass is 16.5. The maximum atomic E-state index is 12.5. The Kier molecular flexibility index (Phi) is 6.45. The molecule has 32 heavy (non-hydrogen) atoms. The second kappa shape index (κ2) is 9.78. The molecule has 2 heterocycles. The minimum atomic E-state index is -0.363. The lowest BCUT2D eigenvalue weighted by Crippen LogP contribution is -2.24. The Morgan fingerprint density at radius 1 is 1.22 bits per heavy atom. The van der Waals surface area contributed by atoms with Crippen molar-refractivity contribution < 1.29 is 19.1 Å². The van der Waals surface area contributed by atoms with E-state index in [1.54, 1.807) is 65.5 Å². The van der Waals surface area contributed by atoms with Crippen LogP contribution in [0.3, 0.4) is 0 Å². The van der Waals surface area contributed by atoms with Crippen molar-refractivity contribution >= 4 is 23.7 Å². The fourth-order valence-corrected chi connectivity index (χ4v) is 3.37. The zero-order chi connectivity index (χ0) is 22.3. The van der Waals surface area contributed by atoms with E-state index in [2.05, 4.69) is 15.6 Å². The molecular weight excluding hydrogens is 410 g/mol. The number of ether oxygens (including phenoxy) is 2. The topological polar surface area (TPSA) is 98.0 Å². The lowest BCUT2D eigenvalue weighted by Gasteiger charge is -2.16. The van der Waals surface area contributed by atoms with E-state index in [-0.39, 0.29) is 18.5 Å². The summed E-state index contributed by atoms with van der Waals surface area (Å²) in [5, 5.41) is 8.15. The standard InChI is InChI=1S/C23H23N5O4/c1-31-20-9-8-17(13-21(20)32-16-27-11-4-10-25-27)15-24-26-23(30)18-5-2-6-19(14-18)28-12-3-7-22(28)29/h2,4-6,8-11,13-15H,3,7,12,16H2,1H3,(H,26,30)/b24-15+. The minimum Gasteiger partial charge on any atom is -0.493 e. The van der Waals surface area contributed by atoms with Crippen molar-refractivity contribution in [2.75, 3.05) is 18.6 Å². The number of hydrogen-bond acceptors (Lipinski definition) is 6. The molecule has 2 aromatic carbocycles. The van der Waals surface area contributed by atoms with Gasteiger partial charge in [-0.2, -0.15) is 10.2 Å². The van der Waals surface area contributed by atoms with Gasteiger partial charge in [0.2, 0.25) is 5.91 Å². The van der Waals surface area contributed by atoms with Crippen molar-refractivity contribution in [1.82, 2.24) is 15.2 Å². The molecule has 4 rings (SSSR count). The molecule has 2 amide bonds. The van der Waals surface area contributed by atoms with E-state index >= 15 is 0 Å². The summed E-state index contributed by atoms with van der Waals surface area (Å²) in [5.41, 5.74) is 4.39. The molecule has 9 nitrogen and oxygen atoms in total. The average molecular weight is 433 g/mol. The molecule has 0 aliphatic carbocycles. The van der Waals surface area contributed by atoms with E-state index in [0.29, 0.717) is 30.0 Å². The zero-order valence-corrected chi connectivity index (χ0v) is 17.6. The van der Waals surface area contributed by atoms with Crippen LogP contribution in [0.25, 0.3) is 0 Å². The number of rotatable bonds is 8. The van der Waals surface area contributed by atoms with Gasteiger partial charge in [-0.1, -0.05) is 6.07 Å². The van der Waals surface area contributed by atoms with E-state index < -0.39 is 0 Å². The molecular formula is C23H23N5O4. The van der Waals surface area contributed by atoms with E-state index in [9.17, 15) is 9.59 Å². The number of nitrogens with one attached hydrogen (secondary N) is 1. The van der Waals surface area contributed by atoms with Crippen LogP contribution in [0.15, 0.2) is 66.0 Å². The normalized spacial score (nSPS) is 13.5. The van der Waals surface area contributed by atoms with Gasteiger partial charge >= 0.3 is 0 Å². The summed E-state index contributed by atoms with van der Waals surface area (Å²) in [4.78, 5) is 26.1. The maximum Gasteiger partial charge on any atom is 0.271 e. The highest BCUT2D eigenvalue weighted by Gasteiger charge is 2.22. The molecule has 0 atom stereocenters. The summed E-state index contributed by atoms with van der Waals surface area (Å²) in [5.74, 6) is 0.817. The third-order valence-corrected chi connectivity index (χ3v) is 4.97. The van der Waals surface area contributed by atoms with Gasteiger partial charge in [0.25, 0.3) is 5.91 Å². The van der Waals surface area contributed by atoms with Crippen LogP contribution < -0.4 is 19.8 Å². The number of hydrazone groups is 1. The average Bonchev–Trinajstić information content (AvgIpc) is 3.49. The van der Waals surface area contributed by atoms with Crippen molar-refractivity contribution in [3.05, 3.63) is 72.1 Å². The molecule has 0 spiro atoms. The summed E-state index contributed by atoms with van der Waals surface area (Å²) in [6.45, 7) is 0.904. The van der Waals surface area contributed by atoms with Crippen LogP contribution >= 0.6 is 0 Å². The Labute approximate surface area is 185 Å². The van der Waals surface area contributed by atoms with Crippen LogP contribution in [0.4, 0.5) is 5.69 Å². The summed E-state index contributed by atoms with van der Waals surface area (Å²) < 4.78 is 12.8. The number of hydrogen-bond donors (Lipinski definition) is 1. The Bertz CT molecular complexity index is 1130. The van der Waals surface area contributed by atoms with Crippen LogP contribution in [0.2, 0.25) is 0 Å². The third kappa shape index (κ3) is 4.94. The maximum absolute atomic E-state index is 12.5. The van der Waals surface area contributed by atoms with Gasteiger partial charge in [0, 0.05) is 36.6 Å². The minimum absolute atomic E-state index is 0.0747. The van der Waals surface area contributed by atoms with Crippen LogP contribution in [-0.2, 0) is 11.5 Å². The molecule has 0 unspecified atom stereocenters. The number of methoxy groups -OCH3 is 1. The molecule has 0 saturated carbocycles. The molecule has 0 bridgehead atoms. The quantitative estimate of drug-likeness (QED) is 0.435. The van der Waals surface area contributed by atoms with Crippen LogP contribution in [0.1, 0.15) is 28.8 Å². The lowest BCUT2D eigenvalue weighted by molar-refractivity contribution is -0.117. The van der Waals surface area contributed by atoms with Crippen molar-refractivity contribution in [1.29, 1.82) is 0 Å². The second-order valence-electron chi connectivity index (χ2n) is 7.13. The first-order chi connectivity index (χ1) is 15.6. The number of anilines is 1. The predicted octanol–water partition coefficient (Wildman–Crippen LogP) is 2.82. The van der Waals surface area contributed by atoms with Gasteiger partial charge in [-0.05, 0) is 54.4 Å². The smallest absolute Gasteiger partial charge is 0.271 e. The predicted molar refractivity (Wildman–Crippen MR) is 119 cm³/mol. The van der Waals surface area contributed by atoms with Gasteiger partial charge in [0.15, 0.2) is 18.2 Å². The van der Waals surface area contributed by atoms with Gasteiger partial charge in [0.05, 0.1) is 13.3 Å². The number of nitrogens with zero attached hydrogens (tertiary/aromatic N) is 4. The number of carbonyl (C=O) groups excluding carboxylic acids is 2. The molecule has 1 fully saturated rings. The highest BCUT2D eigenvalue weighted by Crippen LogP contribution is 2.28. The molecule has 1 saturated heterocycles. The lowest BCUT2D eigenvalue weighted by atomic mass is 10.2. The molecule has 9 heteroatoms.